The van der Waals surface area contributed by atoms with Crippen molar-refractivity contribution >= 4 is 11.7 Å². The van der Waals surface area contributed by atoms with Crippen LogP contribution in [0.5, 0.6) is 0 Å². The normalized spacial score (nSPS) is 24.1. The molecule has 1 aliphatic rings. The van der Waals surface area contributed by atoms with Crippen LogP contribution in [-0.2, 0) is 4.79 Å². The van der Waals surface area contributed by atoms with Crippen LogP contribution < -0.4 is 5.32 Å². The van der Waals surface area contributed by atoms with Crippen LogP contribution in [0.1, 0.15) is 33.2 Å². The largest absolute Gasteiger partial charge is 0.393 e. The first-order valence-corrected chi connectivity index (χ1v) is 7.21. The minimum Gasteiger partial charge on any atom is -0.393 e. The van der Waals surface area contributed by atoms with E-state index in [1.54, 1.807) is 16.9 Å². The Morgan fingerprint density at radius 3 is 3.00 bits per heavy atom. The second-order valence-electron chi connectivity index (χ2n) is 5.87. The van der Waals surface area contributed by atoms with Gasteiger partial charge >= 0.3 is 0 Å². The average Bonchev–Trinajstić information content (AvgIpc) is 2.82. The molecule has 1 saturated heterocycles. The number of carbonyl (C=O) groups is 1. The summed E-state index contributed by atoms with van der Waals surface area (Å²) in [5, 5.41) is 16.8. The molecule has 2 atom stereocenters. The van der Waals surface area contributed by atoms with Gasteiger partial charge in [-0.05, 0) is 26.2 Å². The summed E-state index contributed by atoms with van der Waals surface area (Å²) in [6.45, 7) is 7.95. The summed E-state index contributed by atoms with van der Waals surface area (Å²) in [6.07, 6.45) is 2.18. The fourth-order valence-electron chi connectivity index (χ4n) is 2.57. The van der Waals surface area contributed by atoms with Crippen LogP contribution in [0.3, 0.4) is 0 Å². The second kappa shape index (κ2) is 6.37. The van der Waals surface area contributed by atoms with E-state index < -0.39 is 0 Å². The van der Waals surface area contributed by atoms with Crippen molar-refractivity contribution in [3.8, 4) is 0 Å². The molecule has 0 radical (unpaired) electrons. The Kier molecular flexibility index (Phi) is 4.77. The lowest BCUT2D eigenvalue weighted by Crippen LogP contribution is -2.45. The van der Waals surface area contributed by atoms with Crippen LogP contribution in [-0.4, -0.2) is 51.4 Å². The van der Waals surface area contributed by atoms with Gasteiger partial charge in [0.05, 0.1) is 18.8 Å². The van der Waals surface area contributed by atoms with Crippen molar-refractivity contribution in [2.24, 2.45) is 5.92 Å². The molecule has 1 aliphatic heterocycles. The topological polar surface area (TPSA) is 70.4 Å². The first-order chi connectivity index (χ1) is 9.47. The summed E-state index contributed by atoms with van der Waals surface area (Å²) in [4.78, 5) is 14.2. The Hall–Kier alpha value is -1.40. The first kappa shape index (κ1) is 15.0. The third kappa shape index (κ3) is 3.58. The van der Waals surface area contributed by atoms with E-state index in [4.69, 9.17) is 0 Å². The van der Waals surface area contributed by atoms with Gasteiger partial charge < -0.3 is 10.4 Å². The van der Waals surface area contributed by atoms with Crippen LogP contribution >= 0.6 is 0 Å². The maximum absolute atomic E-state index is 12.1. The van der Waals surface area contributed by atoms with Crippen LogP contribution in [0, 0.1) is 5.92 Å². The van der Waals surface area contributed by atoms with Gasteiger partial charge in [0.2, 0.25) is 5.91 Å². The quantitative estimate of drug-likeness (QED) is 0.866. The van der Waals surface area contributed by atoms with E-state index in [0.717, 1.165) is 25.3 Å². The van der Waals surface area contributed by atoms with E-state index in [2.05, 4.69) is 15.3 Å². The average molecular weight is 280 g/mol. The van der Waals surface area contributed by atoms with Crippen molar-refractivity contribution in [1.29, 1.82) is 0 Å². The lowest BCUT2D eigenvalue weighted by Gasteiger charge is -2.33. The Balaban J connectivity index is 1.88. The van der Waals surface area contributed by atoms with E-state index in [9.17, 15) is 9.90 Å². The SMILES string of the molecule is CC1CN(CC(=O)Nc2ccnn2C(C)C)CCC1O. The number of aromatic nitrogens is 2. The zero-order valence-corrected chi connectivity index (χ0v) is 12.4. The molecule has 0 saturated carbocycles. The molecule has 20 heavy (non-hydrogen) atoms. The van der Waals surface area contributed by atoms with E-state index in [-0.39, 0.29) is 24.0 Å². The number of anilines is 1. The second-order valence-corrected chi connectivity index (χ2v) is 5.87. The van der Waals surface area contributed by atoms with Crippen LogP contribution in [0.15, 0.2) is 12.3 Å². The third-order valence-corrected chi connectivity index (χ3v) is 3.74. The molecule has 1 aromatic rings. The van der Waals surface area contributed by atoms with E-state index >= 15 is 0 Å². The van der Waals surface area contributed by atoms with Crippen molar-refractivity contribution in [3.63, 3.8) is 0 Å². The highest BCUT2D eigenvalue weighted by molar-refractivity contribution is 5.91. The Morgan fingerprint density at radius 1 is 1.60 bits per heavy atom. The summed E-state index contributed by atoms with van der Waals surface area (Å²) < 4.78 is 1.79. The van der Waals surface area contributed by atoms with Gasteiger partial charge in [-0.1, -0.05) is 6.92 Å². The van der Waals surface area contributed by atoms with Gasteiger partial charge in [-0.25, -0.2) is 4.68 Å². The van der Waals surface area contributed by atoms with Crippen molar-refractivity contribution in [3.05, 3.63) is 12.3 Å². The number of carbonyl (C=O) groups excluding carboxylic acids is 1. The molecule has 6 nitrogen and oxygen atoms in total. The molecule has 112 valence electrons. The highest BCUT2D eigenvalue weighted by Gasteiger charge is 2.25. The third-order valence-electron chi connectivity index (χ3n) is 3.74. The highest BCUT2D eigenvalue weighted by atomic mass is 16.3. The number of hydrogen-bond donors (Lipinski definition) is 2. The fourth-order valence-corrected chi connectivity index (χ4v) is 2.57. The van der Waals surface area contributed by atoms with E-state index in [1.807, 2.05) is 20.8 Å². The fraction of sp³-hybridized carbons (Fsp3) is 0.714. The van der Waals surface area contributed by atoms with Gasteiger partial charge in [-0.3, -0.25) is 9.69 Å². The van der Waals surface area contributed by atoms with E-state index in [0.29, 0.717) is 6.54 Å². The number of nitrogens with zero attached hydrogens (tertiary/aromatic N) is 3. The van der Waals surface area contributed by atoms with Crippen molar-refractivity contribution in [2.45, 2.75) is 39.3 Å². The lowest BCUT2D eigenvalue weighted by atomic mass is 9.97. The number of aliphatic hydroxyl groups is 1. The number of likely N-dealkylation sites (tertiary alicyclic amines) is 1. The van der Waals surface area contributed by atoms with Gasteiger partial charge in [-0.2, -0.15) is 5.10 Å². The zero-order chi connectivity index (χ0) is 14.7. The standard InChI is InChI=1S/C14H24N4O2/c1-10(2)18-13(4-6-15-18)16-14(20)9-17-7-5-12(19)11(3)8-17/h4,6,10-12,19H,5,7-9H2,1-3H3,(H,16,20). The smallest absolute Gasteiger partial charge is 0.239 e. The van der Waals surface area contributed by atoms with Crippen LogP contribution in [0.2, 0.25) is 0 Å². The molecule has 0 spiro atoms. The minimum atomic E-state index is -0.239. The maximum Gasteiger partial charge on any atom is 0.239 e. The Bertz CT molecular complexity index is 458. The van der Waals surface area contributed by atoms with Gasteiger partial charge in [-0.15, -0.1) is 0 Å². The van der Waals surface area contributed by atoms with Crippen molar-refractivity contribution in [1.82, 2.24) is 14.7 Å². The molecule has 1 amide bonds. The first-order valence-electron chi connectivity index (χ1n) is 7.21. The molecule has 1 aromatic heterocycles. The summed E-state index contributed by atoms with van der Waals surface area (Å²) >= 11 is 0. The molecule has 2 unspecified atom stereocenters. The predicted octanol–water partition coefficient (Wildman–Crippen LogP) is 1.11. The predicted molar refractivity (Wildman–Crippen MR) is 77.5 cm³/mol. The summed E-state index contributed by atoms with van der Waals surface area (Å²) in [6, 6.07) is 2.02. The lowest BCUT2D eigenvalue weighted by molar-refractivity contribution is -0.118. The Labute approximate surface area is 119 Å². The molecule has 6 heteroatoms. The van der Waals surface area contributed by atoms with Crippen LogP contribution in [0.4, 0.5) is 5.82 Å². The minimum absolute atomic E-state index is 0.0315. The molecule has 0 bridgehead atoms. The van der Waals surface area contributed by atoms with Crippen LogP contribution in [0.25, 0.3) is 0 Å². The summed E-state index contributed by atoms with van der Waals surface area (Å²) in [5.74, 6) is 0.920. The van der Waals surface area contributed by atoms with Gasteiger partial charge in [0.25, 0.3) is 0 Å². The maximum atomic E-state index is 12.1. The Morgan fingerprint density at radius 2 is 2.35 bits per heavy atom. The monoisotopic (exact) mass is 280 g/mol. The number of hydrogen-bond acceptors (Lipinski definition) is 4. The summed E-state index contributed by atoms with van der Waals surface area (Å²) in [7, 11) is 0. The molecular formula is C14H24N4O2. The molecule has 2 heterocycles. The number of piperidine rings is 1. The number of aliphatic hydroxyl groups excluding tert-OH is 1. The number of amides is 1. The van der Waals surface area contributed by atoms with Gasteiger partial charge in [0.1, 0.15) is 5.82 Å². The van der Waals surface area contributed by atoms with Crippen molar-refractivity contribution in [2.75, 3.05) is 25.0 Å². The zero-order valence-electron chi connectivity index (χ0n) is 12.4. The summed E-state index contributed by atoms with van der Waals surface area (Å²) in [5.41, 5.74) is 0. The molecular weight excluding hydrogens is 256 g/mol. The highest BCUT2D eigenvalue weighted by Crippen LogP contribution is 2.17. The number of nitrogens with one attached hydrogen (secondary N) is 1. The molecule has 1 fully saturated rings. The molecule has 2 rings (SSSR count). The molecule has 2 N–H and O–H groups in total. The van der Waals surface area contributed by atoms with Crippen molar-refractivity contribution < 1.29 is 9.90 Å². The van der Waals surface area contributed by atoms with Gasteiger partial charge in [0.15, 0.2) is 0 Å². The van der Waals surface area contributed by atoms with E-state index in [1.165, 1.54) is 0 Å². The molecule has 0 aromatic carbocycles. The van der Waals surface area contributed by atoms with Gasteiger partial charge in [0, 0.05) is 25.2 Å². The number of rotatable bonds is 4. The molecule has 0 aliphatic carbocycles.